The highest BCUT2D eigenvalue weighted by Crippen LogP contribution is 2.25. The van der Waals surface area contributed by atoms with Gasteiger partial charge in [-0.15, -0.1) is 0 Å². The summed E-state index contributed by atoms with van der Waals surface area (Å²) in [7, 11) is 0. The molecule has 2 atom stereocenters. The molecular weight excluding hydrogens is 120 g/mol. The predicted octanol–water partition coefficient (Wildman–Crippen LogP) is 3.71. The van der Waals surface area contributed by atoms with E-state index in [9.17, 15) is 0 Å². The second kappa shape index (κ2) is 4.76. The molecule has 0 fully saturated rings. The van der Waals surface area contributed by atoms with Gasteiger partial charge in [0.1, 0.15) is 0 Å². The van der Waals surface area contributed by atoms with Crippen molar-refractivity contribution in [2.75, 3.05) is 0 Å². The second-order valence-corrected chi connectivity index (χ2v) is 3.70. The van der Waals surface area contributed by atoms with Crippen molar-refractivity contribution < 1.29 is 0 Å². The summed E-state index contributed by atoms with van der Waals surface area (Å²) in [6.45, 7) is 11.6. The van der Waals surface area contributed by atoms with E-state index in [4.69, 9.17) is 0 Å². The first-order chi connectivity index (χ1) is 4.63. The summed E-state index contributed by atoms with van der Waals surface area (Å²) >= 11 is 0. The lowest BCUT2D eigenvalue weighted by Gasteiger charge is -2.24. The smallest absolute Gasteiger partial charge is 0.0368 e. The van der Waals surface area contributed by atoms with E-state index in [1.807, 2.05) is 0 Å². The third kappa shape index (κ3) is 2.72. The zero-order chi connectivity index (χ0) is 8.15. The van der Waals surface area contributed by atoms with Gasteiger partial charge < -0.3 is 0 Å². The molecule has 0 heterocycles. The molecule has 0 aromatic heterocycles. The summed E-state index contributed by atoms with van der Waals surface area (Å²) in [5.74, 6) is 2.70. The Hall–Kier alpha value is 0. The fraction of sp³-hybridized carbons (Fsp3) is 1.00. The first-order valence-corrected chi connectivity index (χ1v) is 4.63. The summed E-state index contributed by atoms with van der Waals surface area (Å²) in [6.07, 6.45) is 2.67. The predicted molar refractivity (Wildman–Crippen MR) is 48.1 cm³/mol. The van der Waals surface area contributed by atoms with Crippen LogP contribution in [0.15, 0.2) is 0 Å². The molecule has 0 aliphatic rings. The van der Waals surface area contributed by atoms with Crippen molar-refractivity contribution in [3.63, 3.8) is 0 Å². The van der Waals surface area contributed by atoms with Gasteiger partial charge >= 0.3 is 0 Å². The molecule has 0 aliphatic carbocycles. The van der Waals surface area contributed by atoms with Gasteiger partial charge in [-0.3, -0.25) is 0 Å². The normalized spacial score (nSPS) is 17.4. The summed E-state index contributed by atoms with van der Waals surface area (Å²) in [6, 6.07) is 0. The molecule has 0 saturated carbocycles. The maximum Gasteiger partial charge on any atom is -0.0368 e. The van der Waals surface area contributed by atoms with E-state index in [1.54, 1.807) is 0 Å². The average molecular weight is 142 g/mol. The third-order valence-electron chi connectivity index (χ3n) is 2.70. The quantitative estimate of drug-likeness (QED) is 0.561. The Morgan fingerprint density at radius 1 is 0.900 bits per heavy atom. The number of rotatable bonds is 4. The first kappa shape index (κ1) is 10.0. The number of hydrogen-bond donors (Lipinski definition) is 0. The van der Waals surface area contributed by atoms with E-state index in [-0.39, 0.29) is 0 Å². The largest absolute Gasteiger partial charge is 0.0651 e. The summed E-state index contributed by atoms with van der Waals surface area (Å²) in [5.41, 5.74) is 0. The molecule has 10 heavy (non-hydrogen) atoms. The summed E-state index contributed by atoms with van der Waals surface area (Å²) < 4.78 is 0. The van der Waals surface area contributed by atoms with Crippen molar-refractivity contribution in [2.24, 2.45) is 17.8 Å². The molecule has 0 aliphatic heterocycles. The maximum absolute atomic E-state index is 2.37. The molecule has 0 aromatic carbocycles. The van der Waals surface area contributed by atoms with Crippen molar-refractivity contribution in [2.45, 2.75) is 47.5 Å². The van der Waals surface area contributed by atoms with Gasteiger partial charge in [0.15, 0.2) is 0 Å². The number of hydrogen-bond acceptors (Lipinski definition) is 0. The Morgan fingerprint density at radius 2 is 1.40 bits per heavy atom. The highest BCUT2D eigenvalue weighted by molar-refractivity contribution is 4.66. The Balaban J connectivity index is 3.80. The van der Waals surface area contributed by atoms with Crippen molar-refractivity contribution in [1.82, 2.24) is 0 Å². The highest BCUT2D eigenvalue weighted by atomic mass is 14.2. The van der Waals surface area contributed by atoms with Gasteiger partial charge in [0.05, 0.1) is 0 Å². The fourth-order valence-electron chi connectivity index (χ4n) is 1.83. The molecule has 0 heteroatoms. The highest BCUT2D eigenvalue weighted by Gasteiger charge is 2.16. The van der Waals surface area contributed by atoms with Crippen LogP contribution >= 0.6 is 0 Å². The van der Waals surface area contributed by atoms with Gasteiger partial charge in [0.2, 0.25) is 0 Å². The molecule has 0 rings (SSSR count). The lowest BCUT2D eigenvalue weighted by Crippen LogP contribution is -2.16. The molecule has 0 N–H and O–H groups in total. The Labute approximate surface area is 66.0 Å². The zero-order valence-electron chi connectivity index (χ0n) is 8.15. The van der Waals surface area contributed by atoms with E-state index in [1.165, 1.54) is 12.8 Å². The van der Waals surface area contributed by atoms with Crippen LogP contribution in [-0.4, -0.2) is 0 Å². The van der Waals surface area contributed by atoms with Crippen LogP contribution in [0, 0.1) is 17.8 Å². The van der Waals surface area contributed by atoms with Crippen LogP contribution in [0.3, 0.4) is 0 Å². The van der Waals surface area contributed by atoms with E-state index in [2.05, 4.69) is 34.6 Å². The molecule has 0 saturated heterocycles. The minimum Gasteiger partial charge on any atom is -0.0651 e. The van der Waals surface area contributed by atoms with Gasteiger partial charge in [0, 0.05) is 0 Å². The minimum atomic E-state index is 0.861. The molecular formula is C10H22. The van der Waals surface area contributed by atoms with E-state index >= 15 is 0 Å². The van der Waals surface area contributed by atoms with Gasteiger partial charge in [-0.1, -0.05) is 47.5 Å². The Bertz CT molecular complexity index is 74.1. The summed E-state index contributed by atoms with van der Waals surface area (Å²) in [4.78, 5) is 0. The second-order valence-electron chi connectivity index (χ2n) is 3.70. The van der Waals surface area contributed by atoms with Crippen LogP contribution in [0.1, 0.15) is 47.5 Å². The van der Waals surface area contributed by atoms with E-state index in [0.717, 1.165) is 17.8 Å². The average Bonchev–Trinajstić information content (AvgIpc) is 1.88. The van der Waals surface area contributed by atoms with Crippen molar-refractivity contribution in [3.05, 3.63) is 0 Å². The van der Waals surface area contributed by atoms with Gasteiger partial charge in [-0.2, -0.15) is 0 Å². The monoisotopic (exact) mass is 142 g/mol. The molecule has 0 bridgehead atoms. The van der Waals surface area contributed by atoms with Gasteiger partial charge in [-0.05, 0) is 17.8 Å². The standard InChI is InChI=1S/C10H22/c1-6-9(5)10(7-2)8(3)4/h8-10H,6-7H2,1-5H3/t9-,10?/m0/s1. The van der Waals surface area contributed by atoms with Gasteiger partial charge in [-0.25, -0.2) is 0 Å². The molecule has 0 radical (unpaired) electrons. The van der Waals surface area contributed by atoms with Gasteiger partial charge in [0.25, 0.3) is 0 Å². The molecule has 1 unspecified atom stereocenters. The van der Waals surface area contributed by atoms with Crippen LogP contribution in [0.25, 0.3) is 0 Å². The van der Waals surface area contributed by atoms with Crippen molar-refractivity contribution in [1.29, 1.82) is 0 Å². The zero-order valence-corrected chi connectivity index (χ0v) is 8.15. The first-order valence-electron chi connectivity index (χ1n) is 4.63. The molecule has 62 valence electrons. The topological polar surface area (TPSA) is 0 Å². The van der Waals surface area contributed by atoms with E-state index < -0.39 is 0 Å². The van der Waals surface area contributed by atoms with Crippen LogP contribution in [0.4, 0.5) is 0 Å². The van der Waals surface area contributed by atoms with E-state index in [0.29, 0.717) is 0 Å². The minimum absolute atomic E-state index is 0.861. The Kier molecular flexibility index (Phi) is 4.76. The molecule has 0 aromatic rings. The third-order valence-corrected chi connectivity index (χ3v) is 2.70. The van der Waals surface area contributed by atoms with Crippen LogP contribution in [0.2, 0.25) is 0 Å². The van der Waals surface area contributed by atoms with Crippen LogP contribution < -0.4 is 0 Å². The summed E-state index contributed by atoms with van der Waals surface area (Å²) in [5, 5.41) is 0. The van der Waals surface area contributed by atoms with Crippen LogP contribution in [-0.2, 0) is 0 Å². The molecule has 0 nitrogen and oxygen atoms in total. The SMILES string of the molecule is CCC(C(C)C)[C@@H](C)CC. The van der Waals surface area contributed by atoms with Crippen molar-refractivity contribution in [3.8, 4) is 0 Å². The molecule has 0 amide bonds. The Morgan fingerprint density at radius 3 is 1.50 bits per heavy atom. The molecule has 0 spiro atoms. The lowest BCUT2D eigenvalue weighted by atomic mass is 9.81. The maximum atomic E-state index is 2.37. The lowest BCUT2D eigenvalue weighted by molar-refractivity contribution is 0.256. The van der Waals surface area contributed by atoms with Crippen LogP contribution in [0.5, 0.6) is 0 Å². The fourth-order valence-corrected chi connectivity index (χ4v) is 1.83. The van der Waals surface area contributed by atoms with Crippen molar-refractivity contribution >= 4 is 0 Å².